The quantitative estimate of drug-likeness (QED) is 0.289. The zero-order chi connectivity index (χ0) is 4.50. The van der Waals surface area contributed by atoms with Crippen LogP contribution in [0.15, 0.2) is 0 Å². The Bertz CT molecular complexity index is 31.5. The van der Waals surface area contributed by atoms with E-state index in [1.807, 2.05) is 0 Å². The van der Waals surface area contributed by atoms with Gasteiger partial charge < -0.3 is 20.6 Å². The molecule has 0 aliphatic carbocycles. The third-order valence-corrected chi connectivity index (χ3v) is 0. The topological polar surface area (TPSA) is 80.9 Å². The molecular formula is H5LiO4SiY. The Morgan fingerprint density at radius 2 is 1.00 bits per heavy atom. The minimum atomic E-state index is -4.61. The van der Waals surface area contributed by atoms with Crippen LogP contribution in [0.2, 0.25) is 0 Å². The van der Waals surface area contributed by atoms with Crippen LogP contribution in [0.25, 0.3) is 0 Å². The molecule has 0 aromatic rings. The van der Waals surface area contributed by atoms with Gasteiger partial charge in [0.2, 0.25) is 0 Å². The van der Waals surface area contributed by atoms with Crippen molar-refractivity contribution in [2.24, 2.45) is 0 Å². The second kappa shape index (κ2) is 5.89. The number of rotatable bonds is 0. The molecular weight excluding hydrogens is 188 g/mol. The minimum absolute atomic E-state index is 0. The van der Waals surface area contributed by atoms with Gasteiger partial charge >= 0.3 is 27.9 Å². The molecule has 0 aliphatic heterocycles. The predicted molar refractivity (Wildman–Crippen MR) is 15.7 cm³/mol. The van der Waals surface area contributed by atoms with Gasteiger partial charge in [-0.15, -0.1) is 0 Å². The van der Waals surface area contributed by atoms with Crippen LogP contribution in [0.5, 0.6) is 0 Å². The molecule has 0 rings (SSSR count). The smallest absolute Gasteiger partial charge is 1.00 e. The molecule has 0 saturated heterocycles. The van der Waals surface area contributed by atoms with Crippen LogP contribution >= 0.6 is 0 Å². The van der Waals surface area contributed by atoms with E-state index in [-0.39, 0.29) is 53.0 Å². The Labute approximate surface area is 80.6 Å². The van der Waals surface area contributed by atoms with Gasteiger partial charge in [0.15, 0.2) is 0 Å². The average Bonchev–Trinajstić information content (AvgIpc) is 0.722. The van der Waals surface area contributed by atoms with E-state index >= 15 is 0 Å². The van der Waals surface area contributed by atoms with Gasteiger partial charge in [0, 0.05) is 32.7 Å². The van der Waals surface area contributed by atoms with Crippen LogP contribution < -0.4 is 18.9 Å². The first-order valence-corrected chi connectivity index (χ1v) is 2.68. The molecule has 0 spiro atoms. The van der Waals surface area contributed by atoms with Crippen LogP contribution in [0.4, 0.5) is 0 Å². The summed E-state index contributed by atoms with van der Waals surface area (Å²) in [6.07, 6.45) is 0. The molecule has 0 aromatic heterocycles. The molecule has 0 aliphatic rings. The number of hydrogen-bond donors (Lipinski definition) is 4. The SMILES string of the molecule is O[Si](O)(O)O.[H-].[Li+].[Y]. The summed E-state index contributed by atoms with van der Waals surface area (Å²) in [5.74, 6) is 0. The van der Waals surface area contributed by atoms with Gasteiger partial charge in [-0.2, -0.15) is 0 Å². The van der Waals surface area contributed by atoms with Crippen molar-refractivity contribution < 1.29 is 72.2 Å². The van der Waals surface area contributed by atoms with Gasteiger partial charge in [-0.1, -0.05) is 0 Å². The minimum Gasteiger partial charge on any atom is -1.00 e. The van der Waals surface area contributed by atoms with E-state index in [4.69, 9.17) is 19.2 Å². The van der Waals surface area contributed by atoms with Crippen LogP contribution in [-0.2, 0) is 32.7 Å². The molecule has 0 unspecified atom stereocenters. The van der Waals surface area contributed by atoms with Crippen LogP contribution in [0.3, 0.4) is 0 Å². The Morgan fingerprint density at radius 3 is 1.00 bits per heavy atom. The van der Waals surface area contributed by atoms with Gasteiger partial charge in [0.25, 0.3) is 0 Å². The second-order valence-electron chi connectivity index (χ2n) is 0.600. The molecule has 7 heavy (non-hydrogen) atoms. The normalized spacial score (nSPS) is 8.57. The third kappa shape index (κ3) is 83.2. The van der Waals surface area contributed by atoms with Crippen molar-refractivity contribution in [1.82, 2.24) is 0 Å². The fourth-order valence-electron chi connectivity index (χ4n) is 0. The van der Waals surface area contributed by atoms with E-state index in [0.29, 0.717) is 0 Å². The van der Waals surface area contributed by atoms with Gasteiger partial charge in [-0.25, -0.2) is 0 Å². The summed E-state index contributed by atoms with van der Waals surface area (Å²) in [6.45, 7) is 0. The third-order valence-electron chi connectivity index (χ3n) is 0. The maximum absolute atomic E-state index is 7.33. The Morgan fingerprint density at radius 1 is 1.00 bits per heavy atom. The van der Waals surface area contributed by atoms with Crippen molar-refractivity contribution in [2.75, 3.05) is 0 Å². The maximum Gasteiger partial charge on any atom is 1.00 e. The molecule has 0 heterocycles. The van der Waals surface area contributed by atoms with Crippen LogP contribution in [0, 0.1) is 0 Å². The maximum atomic E-state index is 7.33. The first-order chi connectivity index (χ1) is 2.00. The molecule has 7 heteroatoms. The molecule has 0 saturated carbocycles. The zero-order valence-electron chi connectivity index (χ0n) is 4.87. The summed E-state index contributed by atoms with van der Waals surface area (Å²) < 4.78 is 0. The fraction of sp³-hybridized carbons (Fsp3) is 0. The Kier molecular flexibility index (Phi) is 13.4. The summed E-state index contributed by atoms with van der Waals surface area (Å²) in [5, 5.41) is 0. The fourth-order valence-corrected chi connectivity index (χ4v) is 0. The van der Waals surface area contributed by atoms with E-state index in [2.05, 4.69) is 0 Å². The molecule has 37 valence electrons. The molecule has 1 radical (unpaired) electrons. The second-order valence-corrected chi connectivity index (χ2v) is 1.80. The number of hydrogen-bond acceptors (Lipinski definition) is 4. The van der Waals surface area contributed by atoms with Crippen molar-refractivity contribution in [2.45, 2.75) is 0 Å². The first-order valence-electron chi connectivity index (χ1n) is 0.894. The van der Waals surface area contributed by atoms with Gasteiger partial charge in [-0.3, -0.25) is 0 Å². The van der Waals surface area contributed by atoms with Gasteiger partial charge in [-0.05, 0) is 0 Å². The molecule has 0 fully saturated rings. The van der Waals surface area contributed by atoms with E-state index in [0.717, 1.165) is 0 Å². The first kappa shape index (κ1) is 15.9. The monoisotopic (exact) mass is 193 g/mol. The van der Waals surface area contributed by atoms with Crippen LogP contribution in [-0.4, -0.2) is 28.2 Å². The Hall–Kier alpha value is 1.76. The Balaban J connectivity index is -0.0000000267. The molecule has 4 N–H and O–H groups in total. The molecule has 0 amide bonds. The molecule has 0 atom stereocenters. The van der Waals surface area contributed by atoms with E-state index in [1.54, 1.807) is 0 Å². The summed E-state index contributed by atoms with van der Waals surface area (Å²) in [4.78, 5) is 29.3. The molecule has 0 aromatic carbocycles. The van der Waals surface area contributed by atoms with Crippen molar-refractivity contribution in [3.05, 3.63) is 0 Å². The molecule has 4 nitrogen and oxygen atoms in total. The largest absolute Gasteiger partial charge is 1.00 e. The molecule has 0 bridgehead atoms. The van der Waals surface area contributed by atoms with E-state index in [1.165, 1.54) is 0 Å². The van der Waals surface area contributed by atoms with Crippen LogP contribution in [0.1, 0.15) is 1.43 Å². The summed E-state index contributed by atoms with van der Waals surface area (Å²) in [7, 11) is -4.61. The predicted octanol–water partition coefficient (Wildman–Crippen LogP) is -5.49. The standard InChI is InChI=1S/Li.H4O4Si.Y.H/c;1-5(2,3)4;;/h;1-4H;;/q+1;;;-1. The summed E-state index contributed by atoms with van der Waals surface area (Å²) in [6, 6.07) is 0. The summed E-state index contributed by atoms with van der Waals surface area (Å²) in [5.41, 5.74) is 0. The van der Waals surface area contributed by atoms with Crippen molar-refractivity contribution in [3.63, 3.8) is 0 Å². The average molecular weight is 193 g/mol. The summed E-state index contributed by atoms with van der Waals surface area (Å²) >= 11 is 0. The van der Waals surface area contributed by atoms with E-state index < -0.39 is 9.05 Å². The van der Waals surface area contributed by atoms with Crippen molar-refractivity contribution in [3.8, 4) is 0 Å². The van der Waals surface area contributed by atoms with E-state index in [9.17, 15) is 0 Å². The van der Waals surface area contributed by atoms with Gasteiger partial charge in [0.1, 0.15) is 0 Å². The van der Waals surface area contributed by atoms with Crippen molar-refractivity contribution in [1.29, 1.82) is 0 Å². The van der Waals surface area contributed by atoms with Gasteiger partial charge in [0.05, 0.1) is 0 Å². The zero-order valence-corrected chi connectivity index (χ0v) is 7.70. The van der Waals surface area contributed by atoms with Crippen molar-refractivity contribution >= 4 is 9.05 Å².